The lowest BCUT2D eigenvalue weighted by atomic mass is 10.1. The highest BCUT2D eigenvalue weighted by molar-refractivity contribution is 5.62. The van der Waals surface area contributed by atoms with Crippen LogP contribution in [0.25, 0.3) is 0 Å². The molecule has 2 aliphatic rings. The largest absolute Gasteiger partial charge is 0.341 e. The molecule has 1 atom stereocenters. The maximum Gasteiger partial charge on any atom is 0.104 e. The Balaban J connectivity index is 2.19. The Kier molecular flexibility index (Phi) is 1.89. The molecular weight excluding hydrogens is 232 g/mol. The lowest BCUT2D eigenvalue weighted by Gasteiger charge is -2.39. The van der Waals surface area contributed by atoms with Gasteiger partial charge in [0.1, 0.15) is 6.17 Å². The van der Waals surface area contributed by atoms with Crippen molar-refractivity contribution < 1.29 is 4.11 Å². The summed E-state index contributed by atoms with van der Waals surface area (Å²) in [4.78, 5) is 4.00. The second-order valence-electron chi connectivity index (χ2n) is 5.86. The first-order valence-corrected chi connectivity index (χ1v) is 6.69. The molecule has 0 N–H and O–H groups in total. The monoisotopic (exact) mass is 257 g/mol. The van der Waals surface area contributed by atoms with Crippen LogP contribution in [0.1, 0.15) is 37.3 Å². The van der Waals surface area contributed by atoms with Gasteiger partial charge < -0.3 is 9.80 Å². The Labute approximate surface area is 120 Å². The van der Waals surface area contributed by atoms with Gasteiger partial charge in [0.25, 0.3) is 0 Å². The van der Waals surface area contributed by atoms with Gasteiger partial charge in [-0.05, 0) is 52.3 Å². The first kappa shape index (κ1) is 9.24. The van der Waals surface area contributed by atoms with Gasteiger partial charge in [-0.1, -0.05) is 24.3 Å². The van der Waals surface area contributed by atoms with E-state index >= 15 is 0 Å². The molecule has 100 valence electrons. The van der Waals surface area contributed by atoms with E-state index in [-0.39, 0.29) is 5.54 Å². The van der Waals surface area contributed by atoms with Gasteiger partial charge in [0.05, 0.1) is 11.2 Å². The van der Waals surface area contributed by atoms with Crippen LogP contribution in [0.4, 0.5) is 5.69 Å². The van der Waals surface area contributed by atoms with E-state index in [0.29, 0.717) is 0 Å². The third-order valence-corrected chi connectivity index (χ3v) is 4.13. The zero-order valence-electron chi connectivity index (χ0n) is 14.9. The van der Waals surface area contributed by atoms with Crippen molar-refractivity contribution in [3.63, 3.8) is 0 Å². The van der Waals surface area contributed by atoms with E-state index in [1.54, 1.807) is 0 Å². The van der Waals surface area contributed by atoms with Gasteiger partial charge in [0.15, 0.2) is 0 Å². The molecule has 19 heavy (non-hydrogen) atoms. The summed E-state index contributed by atoms with van der Waals surface area (Å²) in [6, 6.07) is 7.96. The molecule has 0 aliphatic carbocycles. The van der Waals surface area contributed by atoms with Crippen LogP contribution in [0.15, 0.2) is 47.8 Å². The summed E-state index contributed by atoms with van der Waals surface area (Å²) in [5.41, 5.74) is 3.76. The van der Waals surface area contributed by atoms with Crippen LogP contribution in [-0.4, -0.2) is 16.6 Å². The number of hydrogen-bond acceptors (Lipinski definition) is 2. The molecule has 3 rings (SSSR count). The average Bonchev–Trinajstić information content (AvgIpc) is 2.87. The lowest BCUT2D eigenvalue weighted by Crippen LogP contribution is -2.46. The van der Waals surface area contributed by atoms with Gasteiger partial charge in [-0.3, -0.25) is 0 Å². The molecule has 2 heteroatoms. The number of rotatable bonds is 1. The van der Waals surface area contributed by atoms with E-state index in [9.17, 15) is 0 Å². The fraction of sp³-hybridized carbons (Fsp3) is 0.412. The zero-order valence-corrected chi connectivity index (χ0v) is 11.9. The van der Waals surface area contributed by atoms with Crippen LogP contribution < -0.4 is 4.90 Å². The average molecular weight is 257 g/mol. The molecular formula is C17H22N2. The smallest absolute Gasteiger partial charge is 0.104 e. The fourth-order valence-corrected chi connectivity index (χ4v) is 3.06. The van der Waals surface area contributed by atoms with Crippen LogP contribution in [0, 0.1) is 6.92 Å². The van der Waals surface area contributed by atoms with Crippen molar-refractivity contribution in [3.8, 4) is 0 Å². The Morgan fingerprint density at radius 1 is 1.21 bits per heavy atom. The molecule has 0 saturated heterocycles. The van der Waals surface area contributed by atoms with E-state index in [2.05, 4.69) is 19.9 Å². The molecule has 2 heterocycles. The van der Waals surface area contributed by atoms with E-state index in [0.717, 1.165) is 22.6 Å². The maximum absolute atomic E-state index is 8.09. The predicted octanol–water partition coefficient (Wildman–Crippen LogP) is 4.04. The molecule has 1 unspecified atom stereocenters. The van der Waals surface area contributed by atoms with Gasteiger partial charge in [-0.15, -0.1) is 0 Å². The van der Waals surface area contributed by atoms with E-state index in [4.69, 9.17) is 4.11 Å². The highest BCUT2D eigenvalue weighted by Gasteiger charge is 2.43. The standard InChI is InChI=1S/C17H22N2/c1-12-8-6-7-9-15(12)18-13(2)16-10-11-17(4,5)19(16)14(18)3/h6-11,14H,1-5H3/i3D3. The fourth-order valence-electron chi connectivity index (χ4n) is 3.06. The summed E-state index contributed by atoms with van der Waals surface area (Å²) in [6.07, 6.45) is 3.46. The van der Waals surface area contributed by atoms with Gasteiger partial charge in [-0.25, -0.2) is 0 Å². The summed E-state index contributed by atoms with van der Waals surface area (Å²) in [6.45, 7) is 6.04. The molecule has 0 aromatic heterocycles. The second-order valence-corrected chi connectivity index (χ2v) is 5.86. The predicted molar refractivity (Wildman–Crippen MR) is 80.9 cm³/mol. The Hall–Kier alpha value is -1.70. The molecule has 0 radical (unpaired) electrons. The van der Waals surface area contributed by atoms with Crippen molar-refractivity contribution >= 4 is 5.69 Å². The molecule has 0 fully saturated rings. The van der Waals surface area contributed by atoms with E-state index in [1.807, 2.05) is 54.0 Å². The Morgan fingerprint density at radius 2 is 1.95 bits per heavy atom. The van der Waals surface area contributed by atoms with Crippen LogP contribution >= 0.6 is 0 Å². The van der Waals surface area contributed by atoms with E-state index in [1.165, 1.54) is 0 Å². The van der Waals surface area contributed by atoms with Crippen LogP contribution in [-0.2, 0) is 0 Å². The number of benzene rings is 1. The van der Waals surface area contributed by atoms with Gasteiger partial charge in [0, 0.05) is 15.5 Å². The van der Waals surface area contributed by atoms with Crippen LogP contribution in [0.3, 0.4) is 0 Å². The van der Waals surface area contributed by atoms with Crippen LogP contribution in [0.5, 0.6) is 0 Å². The molecule has 0 amide bonds. The lowest BCUT2D eigenvalue weighted by molar-refractivity contribution is 0.199. The minimum atomic E-state index is -2.10. The second kappa shape index (κ2) is 3.89. The van der Waals surface area contributed by atoms with Crippen molar-refractivity contribution in [2.75, 3.05) is 4.90 Å². The molecule has 2 aliphatic heterocycles. The minimum absolute atomic E-state index is 0.299. The van der Waals surface area contributed by atoms with Crippen molar-refractivity contribution in [3.05, 3.63) is 53.4 Å². The summed E-state index contributed by atoms with van der Waals surface area (Å²) in [7, 11) is 0. The third kappa shape index (κ3) is 1.62. The summed E-state index contributed by atoms with van der Waals surface area (Å²) in [5.74, 6) is 0. The Bertz CT molecular complexity index is 671. The number of nitrogens with zero attached hydrogens (tertiary/aromatic N) is 2. The molecule has 1 aromatic carbocycles. The van der Waals surface area contributed by atoms with Crippen molar-refractivity contribution in [1.29, 1.82) is 0 Å². The number of allylic oxidation sites excluding steroid dienone is 2. The van der Waals surface area contributed by atoms with Gasteiger partial charge >= 0.3 is 0 Å². The minimum Gasteiger partial charge on any atom is -0.341 e. The zero-order chi connectivity index (χ0) is 16.3. The van der Waals surface area contributed by atoms with Gasteiger partial charge in [-0.2, -0.15) is 0 Å². The third-order valence-electron chi connectivity index (χ3n) is 4.13. The summed E-state index contributed by atoms with van der Waals surface area (Å²) < 4.78 is 24.3. The topological polar surface area (TPSA) is 6.48 Å². The summed E-state index contributed by atoms with van der Waals surface area (Å²) in [5, 5.41) is 0. The number of anilines is 1. The quantitative estimate of drug-likeness (QED) is 0.749. The highest BCUT2D eigenvalue weighted by Crippen LogP contribution is 2.43. The number of fused-ring (bicyclic) bond motifs is 1. The number of hydrogen-bond donors (Lipinski definition) is 0. The molecule has 0 saturated carbocycles. The summed E-state index contributed by atoms with van der Waals surface area (Å²) >= 11 is 0. The molecule has 1 aromatic rings. The number of aryl methyl sites for hydroxylation is 1. The van der Waals surface area contributed by atoms with E-state index < -0.39 is 13.0 Å². The first-order chi connectivity index (χ1) is 10.1. The molecule has 0 bridgehead atoms. The van der Waals surface area contributed by atoms with Crippen molar-refractivity contribution in [1.82, 2.24) is 4.90 Å². The maximum atomic E-state index is 8.09. The van der Waals surface area contributed by atoms with Crippen LogP contribution in [0.2, 0.25) is 0 Å². The SMILES string of the molecule is [2H]C([2H])([2H])C1N(c2ccccc2C)C(C)=C2C=CC(C)(C)N21. The molecule has 0 spiro atoms. The normalized spacial score (nSPS) is 27.4. The molecule has 2 nitrogen and oxygen atoms in total. The number of para-hydroxylation sites is 1. The van der Waals surface area contributed by atoms with Gasteiger partial charge in [0.2, 0.25) is 0 Å². The van der Waals surface area contributed by atoms with Crippen molar-refractivity contribution in [2.24, 2.45) is 0 Å². The first-order valence-electron chi connectivity index (χ1n) is 8.19. The Morgan fingerprint density at radius 3 is 2.63 bits per heavy atom. The van der Waals surface area contributed by atoms with Crippen molar-refractivity contribution in [2.45, 2.75) is 46.3 Å². The highest BCUT2D eigenvalue weighted by atomic mass is 15.4.